The van der Waals surface area contributed by atoms with Crippen LogP contribution in [0.25, 0.3) is 11.4 Å². The van der Waals surface area contributed by atoms with E-state index in [9.17, 15) is 9.90 Å². The second-order valence-electron chi connectivity index (χ2n) is 4.86. The van der Waals surface area contributed by atoms with Gasteiger partial charge in [-0.05, 0) is 35.4 Å². The van der Waals surface area contributed by atoms with Crippen LogP contribution in [0.15, 0.2) is 16.8 Å². The number of nitrogens with one attached hydrogen (secondary N) is 1. The molecule has 1 unspecified atom stereocenters. The van der Waals surface area contributed by atoms with Crippen LogP contribution in [0.2, 0.25) is 0 Å². The number of hydrogen-bond acceptors (Lipinski definition) is 6. The zero-order valence-corrected chi connectivity index (χ0v) is 11.6. The fourth-order valence-electron chi connectivity index (χ4n) is 1.87. The Hall–Kier alpha value is -1.80. The average Bonchev–Trinajstić information content (AvgIpc) is 2.96. The second-order valence-corrected chi connectivity index (χ2v) is 5.64. The van der Waals surface area contributed by atoms with Crippen LogP contribution in [0.5, 0.6) is 0 Å². The molecule has 8 heteroatoms. The number of carbonyl (C=O) groups excluding carboxylic acids is 1. The summed E-state index contributed by atoms with van der Waals surface area (Å²) in [5.41, 5.74) is 0.894. The van der Waals surface area contributed by atoms with E-state index in [4.69, 9.17) is 0 Å². The lowest BCUT2D eigenvalue weighted by molar-refractivity contribution is -0.122. The number of aliphatic hydroxyl groups excluding tert-OH is 1. The van der Waals surface area contributed by atoms with Gasteiger partial charge in [0, 0.05) is 17.5 Å². The van der Waals surface area contributed by atoms with E-state index in [1.807, 2.05) is 16.8 Å². The Kier molecular flexibility index (Phi) is 3.75. The molecule has 1 aliphatic rings. The number of carbonyl (C=O) groups is 1. The summed E-state index contributed by atoms with van der Waals surface area (Å²) in [4.78, 5) is 13.0. The first kappa shape index (κ1) is 13.2. The Balaban J connectivity index is 1.51. The normalized spacial score (nSPS) is 16.1. The summed E-state index contributed by atoms with van der Waals surface area (Å²) in [6.45, 7) is 0.296. The highest BCUT2D eigenvalue weighted by Crippen LogP contribution is 2.32. The van der Waals surface area contributed by atoms with Crippen molar-refractivity contribution in [3.05, 3.63) is 16.8 Å². The summed E-state index contributed by atoms with van der Waals surface area (Å²) in [6.07, 6.45) is 1.65. The van der Waals surface area contributed by atoms with Gasteiger partial charge in [0.1, 0.15) is 6.54 Å². The standard InChI is InChI=1S/C12H15N5O2S/c18-10(8-1-2-8)5-13-11(19)6-17-15-12(14-16-17)9-3-4-20-7-9/h3-4,7-8,10,18H,1-2,5-6H2,(H,13,19). The quantitative estimate of drug-likeness (QED) is 0.798. The molecule has 106 valence electrons. The van der Waals surface area contributed by atoms with Crippen LogP contribution in [-0.4, -0.2) is 43.9 Å². The van der Waals surface area contributed by atoms with Crippen molar-refractivity contribution in [3.8, 4) is 11.4 Å². The highest BCUT2D eigenvalue weighted by atomic mass is 32.1. The first-order valence-electron chi connectivity index (χ1n) is 6.47. The first-order valence-corrected chi connectivity index (χ1v) is 7.42. The molecule has 2 N–H and O–H groups in total. The molecule has 0 saturated heterocycles. The van der Waals surface area contributed by atoms with Gasteiger partial charge in [-0.3, -0.25) is 4.79 Å². The summed E-state index contributed by atoms with van der Waals surface area (Å²) in [5.74, 6) is 0.640. The Morgan fingerprint density at radius 3 is 3.15 bits per heavy atom. The van der Waals surface area contributed by atoms with Crippen molar-refractivity contribution in [2.45, 2.75) is 25.5 Å². The van der Waals surface area contributed by atoms with E-state index in [-0.39, 0.29) is 19.0 Å². The Bertz CT molecular complexity index is 578. The summed E-state index contributed by atoms with van der Waals surface area (Å²) in [6, 6.07) is 1.90. The number of hydrogen-bond donors (Lipinski definition) is 2. The fraction of sp³-hybridized carbons (Fsp3) is 0.500. The van der Waals surface area contributed by atoms with E-state index < -0.39 is 6.10 Å². The van der Waals surface area contributed by atoms with Gasteiger partial charge in [-0.2, -0.15) is 16.1 Å². The molecule has 1 amide bonds. The summed E-state index contributed by atoms with van der Waals surface area (Å²) in [5, 5.41) is 28.1. The van der Waals surface area contributed by atoms with Gasteiger partial charge in [-0.25, -0.2) is 0 Å². The summed E-state index contributed by atoms with van der Waals surface area (Å²) >= 11 is 1.55. The van der Waals surface area contributed by atoms with Crippen molar-refractivity contribution in [1.82, 2.24) is 25.5 Å². The molecule has 20 heavy (non-hydrogen) atoms. The van der Waals surface area contributed by atoms with Crippen LogP contribution in [-0.2, 0) is 11.3 Å². The highest BCUT2D eigenvalue weighted by molar-refractivity contribution is 7.08. The van der Waals surface area contributed by atoms with Crippen LogP contribution < -0.4 is 5.32 Å². The summed E-state index contributed by atoms with van der Waals surface area (Å²) in [7, 11) is 0. The third kappa shape index (κ3) is 3.20. The molecular weight excluding hydrogens is 278 g/mol. The number of amides is 1. The number of aliphatic hydroxyl groups is 1. The number of thiophene rings is 1. The minimum absolute atomic E-state index is 0.00846. The van der Waals surface area contributed by atoms with Gasteiger partial charge in [0.05, 0.1) is 6.10 Å². The lowest BCUT2D eigenvalue weighted by Gasteiger charge is -2.09. The number of tetrazole rings is 1. The first-order chi connectivity index (χ1) is 9.72. The largest absolute Gasteiger partial charge is 0.391 e. The Morgan fingerprint density at radius 1 is 1.60 bits per heavy atom. The molecule has 2 aromatic rings. The lowest BCUT2D eigenvalue weighted by Crippen LogP contribution is -2.35. The topological polar surface area (TPSA) is 92.9 Å². The van der Waals surface area contributed by atoms with Crippen LogP contribution in [0.4, 0.5) is 0 Å². The molecule has 1 saturated carbocycles. The van der Waals surface area contributed by atoms with E-state index >= 15 is 0 Å². The zero-order valence-electron chi connectivity index (χ0n) is 10.8. The number of aromatic nitrogens is 4. The number of rotatable bonds is 6. The maximum Gasteiger partial charge on any atom is 0.243 e. The summed E-state index contributed by atoms with van der Waals surface area (Å²) < 4.78 is 0. The molecule has 7 nitrogen and oxygen atoms in total. The van der Waals surface area contributed by atoms with Gasteiger partial charge in [0.25, 0.3) is 0 Å². The van der Waals surface area contributed by atoms with Crippen LogP contribution >= 0.6 is 11.3 Å². The van der Waals surface area contributed by atoms with Crippen molar-refractivity contribution in [2.75, 3.05) is 6.54 Å². The molecule has 1 atom stereocenters. The van der Waals surface area contributed by atoms with Crippen LogP contribution in [0.3, 0.4) is 0 Å². The Labute approximate surface area is 119 Å². The van der Waals surface area contributed by atoms with E-state index in [2.05, 4.69) is 20.7 Å². The second kappa shape index (κ2) is 5.68. The van der Waals surface area contributed by atoms with Crippen molar-refractivity contribution < 1.29 is 9.90 Å². The van der Waals surface area contributed by atoms with Gasteiger partial charge in [-0.1, -0.05) is 0 Å². The van der Waals surface area contributed by atoms with Crippen molar-refractivity contribution in [1.29, 1.82) is 0 Å². The number of nitrogens with zero attached hydrogens (tertiary/aromatic N) is 4. The molecule has 3 rings (SSSR count). The molecule has 0 radical (unpaired) electrons. The van der Waals surface area contributed by atoms with E-state index in [1.165, 1.54) is 4.80 Å². The molecule has 0 aliphatic heterocycles. The molecule has 0 aromatic carbocycles. The van der Waals surface area contributed by atoms with E-state index in [1.54, 1.807) is 11.3 Å². The van der Waals surface area contributed by atoms with Crippen LogP contribution in [0, 0.1) is 5.92 Å². The molecule has 1 fully saturated rings. The highest BCUT2D eigenvalue weighted by Gasteiger charge is 2.29. The molecule has 1 aliphatic carbocycles. The monoisotopic (exact) mass is 293 g/mol. The zero-order chi connectivity index (χ0) is 13.9. The molecule has 0 spiro atoms. The van der Waals surface area contributed by atoms with Crippen molar-refractivity contribution in [3.63, 3.8) is 0 Å². The van der Waals surface area contributed by atoms with Gasteiger partial charge in [0.2, 0.25) is 11.7 Å². The van der Waals surface area contributed by atoms with Gasteiger partial charge >= 0.3 is 0 Å². The predicted octanol–water partition coefficient (Wildman–Crippen LogP) is 0.289. The smallest absolute Gasteiger partial charge is 0.243 e. The maximum absolute atomic E-state index is 11.7. The predicted molar refractivity (Wildman–Crippen MR) is 72.9 cm³/mol. The van der Waals surface area contributed by atoms with Crippen molar-refractivity contribution >= 4 is 17.2 Å². The van der Waals surface area contributed by atoms with Gasteiger partial charge in [-0.15, -0.1) is 10.2 Å². The van der Waals surface area contributed by atoms with E-state index in [0.29, 0.717) is 11.7 Å². The third-order valence-corrected chi connectivity index (χ3v) is 3.88. The third-order valence-electron chi connectivity index (χ3n) is 3.19. The van der Waals surface area contributed by atoms with Gasteiger partial charge < -0.3 is 10.4 Å². The molecule has 0 bridgehead atoms. The molecular formula is C12H15N5O2S. The molecule has 2 heterocycles. The van der Waals surface area contributed by atoms with E-state index in [0.717, 1.165) is 18.4 Å². The van der Waals surface area contributed by atoms with Gasteiger partial charge in [0.15, 0.2) is 0 Å². The SMILES string of the molecule is O=C(Cn1nnc(-c2ccsc2)n1)NCC(O)C1CC1. The fourth-order valence-corrected chi connectivity index (χ4v) is 2.50. The maximum atomic E-state index is 11.7. The Morgan fingerprint density at radius 2 is 2.45 bits per heavy atom. The van der Waals surface area contributed by atoms with Crippen molar-refractivity contribution in [2.24, 2.45) is 5.92 Å². The lowest BCUT2D eigenvalue weighted by atomic mass is 10.2. The van der Waals surface area contributed by atoms with Crippen LogP contribution in [0.1, 0.15) is 12.8 Å². The minimum atomic E-state index is -0.441. The molecule has 2 aromatic heterocycles. The minimum Gasteiger partial charge on any atom is -0.391 e. The average molecular weight is 293 g/mol.